The quantitative estimate of drug-likeness (QED) is 0.792. The molecule has 6 nitrogen and oxygen atoms in total. The summed E-state index contributed by atoms with van der Waals surface area (Å²) in [5.41, 5.74) is 1.27. The molecule has 16 heavy (non-hydrogen) atoms. The van der Waals surface area contributed by atoms with E-state index in [1.807, 2.05) is 19.1 Å². The summed E-state index contributed by atoms with van der Waals surface area (Å²) in [7, 11) is 0. The minimum atomic E-state index is -0.252. The van der Waals surface area contributed by atoms with Gasteiger partial charge in [-0.05, 0) is 24.6 Å². The van der Waals surface area contributed by atoms with Crippen LogP contribution in [0, 0.1) is 0 Å². The highest BCUT2D eigenvalue weighted by Crippen LogP contribution is 2.10. The first-order chi connectivity index (χ1) is 7.77. The molecule has 0 aliphatic rings. The molecule has 2 heterocycles. The Morgan fingerprint density at radius 2 is 2.19 bits per heavy atom. The van der Waals surface area contributed by atoms with Crippen LogP contribution in [0.5, 0.6) is 0 Å². The molecular weight excluding hydrogens is 206 g/mol. The molecular formula is C10H11N5O. The number of nitrogens with zero attached hydrogens (tertiary/aromatic N) is 3. The van der Waals surface area contributed by atoms with Crippen LogP contribution in [0.1, 0.15) is 29.0 Å². The number of aromatic nitrogens is 4. The smallest absolute Gasteiger partial charge is 0.273 e. The predicted molar refractivity (Wildman–Crippen MR) is 56.5 cm³/mol. The van der Waals surface area contributed by atoms with Gasteiger partial charge in [0, 0.05) is 12.4 Å². The summed E-state index contributed by atoms with van der Waals surface area (Å²) in [5, 5.41) is 12.5. The fraction of sp³-hybridized carbons (Fsp3) is 0.200. The van der Waals surface area contributed by atoms with Crippen molar-refractivity contribution >= 4 is 5.91 Å². The predicted octanol–water partition coefficient (Wildman–Crippen LogP) is 0.691. The molecule has 0 aliphatic carbocycles. The molecule has 2 rings (SSSR count). The molecule has 0 aliphatic heterocycles. The Labute approximate surface area is 92.1 Å². The third-order valence-electron chi connectivity index (χ3n) is 2.20. The molecule has 1 amide bonds. The van der Waals surface area contributed by atoms with Crippen LogP contribution in [0.4, 0.5) is 0 Å². The molecule has 0 bridgehead atoms. The first kappa shape index (κ1) is 10.3. The van der Waals surface area contributed by atoms with Gasteiger partial charge in [0.25, 0.3) is 5.91 Å². The van der Waals surface area contributed by atoms with E-state index in [1.165, 1.54) is 6.20 Å². The maximum atomic E-state index is 11.6. The molecule has 0 fully saturated rings. The molecule has 2 aromatic heterocycles. The van der Waals surface area contributed by atoms with Crippen LogP contribution in [-0.4, -0.2) is 26.3 Å². The number of H-pyrrole nitrogens is 1. The third-order valence-corrected chi connectivity index (χ3v) is 2.20. The zero-order valence-corrected chi connectivity index (χ0v) is 8.71. The number of carbonyl (C=O) groups is 1. The Morgan fingerprint density at radius 1 is 1.44 bits per heavy atom. The van der Waals surface area contributed by atoms with E-state index in [4.69, 9.17) is 0 Å². The van der Waals surface area contributed by atoms with Crippen LogP contribution in [-0.2, 0) is 0 Å². The summed E-state index contributed by atoms with van der Waals surface area (Å²) >= 11 is 0. The van der Waals surface area contributed by atoms with E-state index in [-0.39, 0.29) is 17.6 Å². The number of rotatable bonds is 3. The topological polar surface area (TPSA) is 83.6 Å². The summed E-state index contributed by atoms with van der Waals surface area (Å²) in [6.07, 6.45) is 4.76. The van der Waals surface area contributed by atoms with Crippen molar-refractivity contribution in [3.05, 3.63) is 42.0 Å². The highest BCUT2D eigenvalue weighted by atomic mass is 16.2. The van der Waals surface area contributed by atoms with Gasteiger partial charge >= 0.3 is 0 Å². The first-order valence-electron chi connectivity index (χ1n) is 4.84. The number of hydrogen-bond acceptors (Lipinski definition) is 4. The number of carbonyl (C=O) groups excluding carboxylic acids is 1. The molecule has 0 aromatic carbocycles. The summed E-state index contributed by atoms with van der Waals surface area (Å²) in [6.45, 7) is 1.90. The largest absolute Gasteiger partial charge is 0.344 e. The van der Waals surface area contributed by atoms with Crippen LogP contribution in [0.2, 0.25) is 0 Å². The number of hydrogen-bond donors (Lipinski definition) is 2. The van der Waals surface area contributed by atoms with Crippen molar-refractivity contribution in [2.45, 2.75) is 13.0 Å². The lowest BCUT2D eigenvalue weighted by Gasteiger charge is -2.12. The molecule has 82 valence electrons. The van der Waals surface area contributed by atoms with Crippen molar-refractivity contribution in [2.24, 2.45) is 0 Å². The highest BCUT2D eigenvalue weighted by Gasteiger charge is 2.12. The third kappa shape index (κ3) is 2.22. The van der Waals surface area contributed by atoms with E-state index >= 15 is 0 Å². The Hall–Kier alpha value is -2.24. The van der Waals surface area contributed by atoms with Crippen LogP contribution in [0.3, 0.4) is 0 Å². The zero-order chi connectivity index (χ0) is 11.4. The molecule has 0 saturated carbocycles. The van der Waals surface area contributed by atoms with Crippen molar-refractivity contribution < 1.29 is 4.79 Å². The number of aromatic amines is 1. The standard InChI is InChI=1S/C10H11N5O/c1-7(8-2-4-11-5-3-8)13-10(16)9-6-12-15-14-9/h2-7H,1H3,(H,13,16)(H,12,14,15). The molecule has 2 aromatic rings. The lowest BCUT2D eigenvalue weighted by molar-refractivity contribution is 0.0935. The normalized spacial score (nSPS) is 12.1. The van der Waals surface area contributed by atoms with Gasteiger partial charge in [0.2, 0.25) is 0 Å². The van der Waals surface area contributed by atoms with Crippen molar-refractivity contribution in [1.82, 2.24) is 25.7 Å². The van der Waals surface area contributed by atoms with Gasteiger partial charge in [-0.15, -0.1) is 0 Å². The minimum absolute atomic E-state index is 0.0906. The number of pyridine rings is 1. The van der Waals surface area contributed by atoms with Gasteiger partial charge in [-0.2, -0.15) is 15.4 Å². The van der Waals surface area contributed by atoms with Gasteiger partial charge < -0.3 is 5.32 Å². The second-order valence-corrected chi connectivity index (χ2v) is 3.33. The van der Waals surface area contributed by atoms with Crippen LogP contribution in [0.25, 0.3) is 0 Å². The molecule has 0 saturated heterocycles. The SMILES string of the molecule is CC(NC(=O)c1cn[nH]n1)c1ccncc1. The summed E-state index contributed by atoms with van der Waals surface area (Å²) in [4.78, 5) is 15.6. The van der Waals surface area contributed by atoms with Gasteiger partial charge in [-0.25, -0.2) is 0 Å². The van der Waals surface area contributed by atoms with Crippen molar-refractivity contribution in [3.8, 4) is 0 Å². The number of amides is 1. The Kier molecular flexibility index (Phi) is 2.90. The molecule has 0 spiro atoms. The molecule has 2 N–H and O–H groups in total. The fourth-order valence-electron chi connectivity index (χ4n) is 1.32. The zero-order valence-electron chi connectivity index (χ0n) is 8.71. The van der Waals surface area contributed by atoms with Crippen LogP contribution < -0.4 is 5.32 Å². The Balaban J connectivity index is 2.03. The van der Waals surface area contributed by atoms with E-state index in [0.717, 1.165) is 5.56 Å². The average molecular weight is 217 g/mol. The number of nitrogens with one attached hydrogen (secondary N) is 2. The Bertz CT molecular complexity index is 453. The lowest BCUT2D eigenvalue weighted by Crippen LogP contribution is -2.26. The van der Waals surface area contributed by atoms with Crippen molar-refractivity contribution in [3.63, 3.8) is 0 Å². The maximum absolute atomic E-state index is 11.6. The van der Waals surface area contributed by atoms with Gasteiger partial charge in [0.15, 0.2) is 5.69 Å². The first-order valence-corrected chi connectivity index (χ1v) is 4.84. The van der Waals surface area contributed by atoms with Gasteiger partial charge in [-0.3, -0.25) is 9.78 Å². The Morgan fingerprint density at radius 3 is 2.81 bits per heavy atom. The molecule has 0 radical (unpaired) electrons. The maximum Gasteiger partial charge on any atom is 0.273 e. The average Bonchev–Trinajstić information content (AvgIpc) is 2.83. The monoisotopic (exact) mass is 217 g/mol. The van der Waals surface area contributed by atoms with Gasteiger partial charge in [-0.1, -0.05) is 0 Å². The van der Waals surface area contributed by atoms with E-state index < -0.39 is 0 Å². The second kappa shape index (κ2) is 4.52. The van der Waals surface area contributed by atoms with E-state index in [0.29, 0.717) is 0 Å². The minimum Gasteiger partial charge on any atom is -0.344 e. The van der Waals surface area contributed by atoms with E-state index in [9.17, 15) is 4.79 Å². The molecule has 1 atom stereocenters. The van der Waals surface area contributed by atoms with Gasteiger partial charge in [0.1, 0.15) is 0 Å². The fourth-order valence-corrected chi connectivity index (χ4v) is 1.32. The van der Waals surface area contributed by atoms with Crippen molar-refractivity contribution in [1.29, 1.82) is 0 Å². The van der Waals surface area contributed by atoms with Crippen molar-refractivity contribution in [2.75, 3.05) is 0 Å². The lowest BCUT2D eigenvalue weighted by atomic mass is 10.1. The second-order valence-electron chi connectivity index (χ2n) is 3.33. The van der Waals surface area contributed by atoms with Crippen LogP contribution >= 0.6 is 0 Å². The summed E-state index contributed by atoms with van der Waals surface area (Å²) in [5.74, 6) is -0.252. The summed E-state index contributed by atoms with van der Waals surface area (Å²) < 4.78 is 0. The van der Waals surface area contributed by atoms with E-state index in [1.54, 1.807) is 12.4 Å². The summed E-state index contributed by atoms with van der Waals surface area (Å²) in [6, 6.07) is 3.62. The highest BCUT2D eigenvalue weighted by molar-refractivity contribution is 5.92. The van der Waals surface area contributed by atoms with E-state index in [2.05, 4.69) is 25.7 Å². The molecule has 1 unspecified atom stereocenters. The van der Waals surface area contributed by atoms with Gasteiger partial charge in [0.05, 0.1) is 12.2 Å². The molecule has 6 heteroatoms. The van der Waals surface area contributed by atoms with Crippen LogP contribution in [0.15, 0.2) is 30.7 Å².